The Labute approximate surface area is 97.3 Å². The minimum absolute atomic E-state index is 0.0181. The smallest absolute Gasteiger partial charge is 0.340 e. The maximum absolute atomic E-state index is 11.7. The van der Waals surface area contributed by atoms with E-state index in [0.717, 1.165) is 6.20 Å². The molecule has 9 heteroatoms. The quantitative estimate of drug-likeness (QED) is 0.662. The lowest BCUT2D eigenvalue weighted by molar-refractivity contribution is 0.0692. The van der Waals surface area contributed by atoms with Crippen molar-refractivity contribution in [3.63, 3.8) is 0 Å². The topological polar surface area (TPSA) is 136 Å². The van der Waals surface area contributed by atoms with Crippen LogP contribution in [0.25, 0.3) is 0 Å². The van der Waals surface area contributed by atoms with Crippen LogP contribution in [0.4, 0.5) is 0 Å². The fourth-order valence-electron chi connectivity index (χ4n) is 1.13. The van der Waals surface area contributed by atoms with E-state index in [1.54, 1.807) is 6.07 Å². The number of nitriles is 1. The highest BCUT2D eigenvalue weighted by atomic mass is 32.2. The van der Waals surface area contributed by atoms with Crippen molar-refractivity contribution in [1.82, 2.24) is 14.9 Å². The van der Waals surface area contributed by atoms with Gasteiger partial charge in [0.2, 0.25) is 0 Å². The average molecular weight is 258 g/mol. The Morgan fingerprint density at radius 3 is 2.94 bits per heavy atom. The van der Waals surface area contributed by atoms with Gasteiger partial charge in [-0.1, -0.05) is 0 Å². The molecule has 0 aliphatic rings. The molecule has 1 atom stereocenters. The monoisotopic (exact) mass is 258 g/mol. The molecule has 0 aliphatic carbocycles. The second kappa shape index (κ2) is 4.94. The van der Waals surface area contributed by atoms with Crippen LogP contribution in [-0.2, 0) is 10.0 Å². The third-order valence-electron chi connectivity index (χ3n) is 1.86. The summed E-state index contributed by atoms with van der Waals surface area (Å²) in [5, 5.41) is 22.1. The van der Waals surface area contributed by atoms with Crippen LogP contribution in [0, 0.1) is 11.3 Å². The van der Waals surface area contributed by atoms with E-state index >= 15 is 0 Å². The number of rotatable bonds is 5. The predicted octanol–water partition coefficient (Wildman–Crippen LogP) is -0.312. The van der Waals surface area contributed by atoms with Crippen molar-refractivity contribution in [2.24, 2.45) is 0 Å². The Hall–Kier alpha value is -1.92. The molecule has 1 unspecified atom stereocenters. The number of carboxylic acid groups (broad SMARTS) is 1. The number of sulfonamides is 1. The van der Waals surface area contributed by atoms with Gasteiger partial charge in [0.25, 0.3) is 10.0 Å². The maximum Gasteiger partial charge on any atom is 0.340 e. The molecule has 8 nitrogen and oxygen atoms in total. The van der Waals surface area contributed by atoms with Crippen LogP contribution in [-0.4, -0.2) is 35.7 Å². The molecule has 17 heavy (non-hydrogen) atoms. The Bertz CT molecular complexity index is 556. The SMILES string of the molecule is CC(CC#N)NS(=O)(=O)c1[nH]ncc1C(=O)O. The number of aromatic amines is 1. The summed E-state index contributed by atoms with van der Waals surface area (Å²) in [5.74, 6) is -1.40. The summed E-state index contributed by atoms with van der Waals surface area (Å²) < 4.78 is 25.7. The lowest BCUT2D eigenvalue weighted by atomic mass is 10.3. The third kappa shape index (κ3) is 3.02. The zero-order valence-electron chi connectivity index (χ0n) is 8.84. The highest BCUT2D eigenvalue weighted by Crippen LogP contribution is 2.12. The maximum atomic E-state index is 11.7. The molecule has 3 N–H and O–H groups in total. The van der Waals surface area contributed by atoms with Crippen LogP contribution in [0.5, 0.6) is 0 Å². The molecule has 0 aromatic carbocycles. The number of H-pyrrole nitrogens is 1. The second-order valence-electron chi connectivity index (χ2n) is 3.30. The Morgan fingerprint density at radius 1 is 1.76 bits per heavy atom. The van der Waals surface area contributed by atoms with Gasteiger partial charge in [-0.05, 0) is 6.92 Å². The van der Waals surface area contributed by atoms with Gasteiger partial charge in [-0.3, -0.25) is 5.10 Å². The van der Waals surface area contributed by atoms with Crippen molar-refractivity contribution >= 4 is 16.0 Å². The van der Waals surface area contributed by atoms with Crippen LogP contribution in [0.2, 0.25) is 0 Å². The van der Waals surface area contributed by atoms with E-state index in [1.807, 2.05) is 0 Å². The van der Waals surface area contributed by atoms with Crippen LogP contribution in [0.3, 0.4) is 0 Å². The van der Waals surface area contributed by atoms with Crippen LogP contribution in [0.15, 0.2) is 11.2 Å². The van der Waals surface area contributed by atoms with E-state index in [2.05, 4.69) is 14.9 Å². The van der Waals surface area contributed by atoms with E-state index in [0.29, 0.717) is 0 Å². The van der Waals surface area contributed by atoms with E-state index < -0.39 is 32.6 Å². The second-order valence-corrected chi connectivity index (χ2v) is 4.95. The zero-order chi connectivity index (χ0) is 13.1. The van der Waals surface area contributed by atoms with Crippen molar-refractivity contribution in [2.45, 2.75) is 24.4 Å². The number of carboxylic acids is 1. The Kier molecular flexibility index (Phi) is 3.82. The number of nitrogens with one attached hydrogen (secondary N) is 2. The highest BCUT2D eigenvalue weighted by Gasteiger charge is 2.25. The summed E-state index contributed by atoms with van der Waals surface area (Å²) in [5.41, 5.74) is -0.443. The molecule has 1 aromatic heterocycles. The molecule has 0 spiro atoms. The summed E-state index contributed by atoms with van der Waals surface area (Å²) >= 11 is 0. The summed E-state index contributed by atoms with van der Waals surface area (Å²) in [6.07, 6.45) is 0.891. The van der Waals surface area contributed by atoms with Gasteiger partial charge in [-0.2, -0.15) is 10.4 Å². The molecule has 1 heterocycles. The first-order valence-electron chi connectivity index (χ1n) is 4.54. The molecule has 0 fully saturated rings. The molecular formula is C8H10N4O4S. The summed E-state index contributed by atoms with van der Waals surface area (Å²) in [7, 11) is -4.01. The molecule has 0 amide bonds. The van der Waals surface area contributed by atoms with Gasteiger partial charge >= 0.3 is 5.97 Å². The number of carbonyl (C=O) groups is 1. The van der Waals surface area contributed by atoms with Gasteiger partial charge in [0, 0.05) is 6.04 Å². The van der Waals surface area contributed by atoms with Gasteiger partial charge in [0.05, 0.1) is 18.7 Å². The summed E-state index contributed by atoms with van der Waals surface area (Å²) in [6, 6.07) is 1.19. The molecule has 0 bridgehead atoms. The third-order valence-corrected chi connectivity index (χ3v) is 3.42. The van der Waals surface area contributed by atoms with Gasteiger partial charge in [-0.15, -0.1) is 0 Å². The molecule has 0 radical (unpaired) electrons. The minimum atomic E-state index is -4.01. The minimum Gasteiger partial charge on any atom is -0.478 e. The lowest BCUT2D eigenvalue weighted by Crippen LogP contribution is -2.33. The van der Waals surface area contributed by atoms with E-state index in [4.69, 9.17) is 10.4 Å². The lowest BCUT2D eigenvalue weighted by Gasteiger charge is -2.09. The van der Waals surface area contributed by atoms with Gasteiger partial charge < -0.3 is 5.11 Å². The van der Waals surface area contributed by atoms with Crippen LogP contribution in [0.1, 0.15) is 23.7 Å². The standard InChI is InChI=1S/C8H10N4O4S/c1-5(2-3-9)12-17(15,16)7-6(8(13)14)4-10-11-7/h4-5,12H,2H2,1H3,(H,10,11)(H,13,14). The summed E-state index contributed by atoms with van der Waals surface area (Å²) in [6.45, 7) is 1.50. The number of hydrogen-bond acceptors (Lipinski definition) is 5. The van der Waals surface area contributed by atoms with Crippen molar-refractivity contribution < 1.29 is 18.3 Å². The van der Waals surface area contributed by atoms with Crippen LogP contribution >= 0.6 is 0 Å². The van der Waals surface area contributed by atoms with Crippen molar-refractivity contribution in [2.75, 3.05) is 0 Å². The number of aromatic nitrogens is 2. The van der Waals surface area contributed by atoms with Gasteiger partial charge in [0.1, 0.15) is 5.56 Å². The largest absolute Gasteiger partial charge is 0.478 e. The first-order chi connectivity index (χ1) is 7.88. The normalized spacial score (nSPS) is 12.9. The number of nitrogens with zero attached hydrogens (tertiary/aromatic N) is 2. The first kappa shape index (κ1) is 13.1. The number of aromatic carboxylic acids is 1. The zero-order valence-corrected chi connectivity index (χ0v) is 9.65. The Morgan fingerprint density at radius 2 is 2.41 bits per heavy atom. The first-order valence-corrected chi connectivity index (χ1v) is 6.02. The van der Waals surface area contributed by atoms with E-state index in [1.165, 1.54) is 6.92 Å². The number of hydrogen-bond donors (Lipinski definition) is 3. The summed E-state index contributed by atoms with van der Waals surface area (Å²) in [4.78, 5) is 10.7. The molecule has 0 saturated heterocycles. The molecular weight excluding hydrogens is 248 g/mol. The molecule has 1 aromatic rings. The highest BCUT2D eigenvalue weighted by molar-refractivity contribution is 7.89. The van der Waals surface area contributed by atoms with Crippen molar-refractivity contribution in [3.05, 3.63) is 11.8 Å². The molecule has 0 saturated carbocycles. The van der Waals surface area contributed by atoms with Gasteiger partial charge in [-0.25, -0.2) is 17.9 Å². The van der Waals surface area contributed by atoms with E-state index in [9.17, 15) is 13.2 Å². The molecule has 1 rings (SSSR count). The molecule has 0 aliphatic heterocycles. The predicted molar refractivity (Wildman–Crippen MR) is 55.6 cm³/mol. The fourth-order valence-corrected chi connectivity index (χ4v) is 2.47. The average Bonchev–Trinajstić information content (AvgIpc) is 2.65. The molecule has 92 valence electrons. The van der Waals surface area contributed by atoms with E-state index in [-0.39, 0.29) is 6.42 Å². The van der Waals surface area contributed by atoms with Crippen LogP contribution < -0.4 is 4.72 Å². The van der Waals surface area contributed by atoms with Crippen molar-refractivity contribution in [3.8, 4) is 6.07 Å². The van der Waals surface area contributed by atoms with Gasteiger partial charge in [0.15, 0.2) is 5.03 Å². The van der Waals surface area contributed by atoms with Crippen molar-refractivity contribution in [1.29, 1.82) is 5.26 Å². The fraction of sp³-hybridized carbons (Fsp3) is 0.375. The Balaban J connectivity index is 3.02.